The van der Waals surface area contributed by atoms with Crippen LogP contribution in [0.2, 0.25) is 5.02 Å². The Labute approximate surface area is 189 Å². The summed E-state index contributed by atoms with van der Waals surface area (Å²) in [5, 5.41) is 4.92. The summed E-state index contributed by atoms with van der Waals surface area (Å²) < 4.78 is 54.1. The van der Waals surface area contributed by atoms with Crippen LogP contribution in [0.25, 0.3) is 0 Å². The van der Waals surface area contributed by atoms with Crippen LogP contribution < -0.4 is 10.6 Å². The van der Waals surface area contributed by atoms with Crippen LogP contribution in [0.4, 0.5) is 14.5 Å². The third-order valence-electron chi connectivity index (χ3n) is 5.14. The molecule has 0 saturated carbocycles. The molecule has 1 fully saturated rings. The molecular formula is C21H22ClF2N3O4S. The highest BCUT2D eigenvalue weighted by Gasteiger charge is 2.33. The second kappa shape index (κ2) is 10.4. The van der Waals surface area contributed by atoms with Crippen LogP contribution in [0.5, 0.6) is 0 Å². The molecule has 1 aliphatic heterocycles. The van der Waals surface area contributed by atoms with E-state index >= 15 is 0 Å². The topological polar surface area (TPSA) is 95.6 Å². The van der Waals surface area contributed by atoms with Gasteiger partial charge in [-0.25, -0.2) is 17.2 Å². The molecule has 1 aliphatic rings. The van der Waals surface area contributed by atoms with E-state index in [1.807, 2.05) is 0 Å². The molecule has 32 heavy (non-hydrogen) atoms. The minimum atomic E-state index is -3.73. The van der Waals surface area contributed by atoms with Gasteiger partial charge in [0.2, 0.25) is 10.0 Å². The summed E-state index contributed by atoms with van der Waals surface area (Å²) in [6.07, 6.45) is 2.49. The molecule has 172 valence electrons. The van der Waals surface area contributed by atoms with E-state index in [1.54, 1.807) is 0 Å². The van der Waals surface area contributed by atoms with Crippen LogP contribution >= 0.6 is 11.6 Å². The zero-order valence-corrected chi connectivity index (χ0v) is 18.6. The van der Waals surface area contributed by atoms with E-state index in [4.69, 9.17) is 11.6 Å². The van der Waals surface area contributed by atoms with Crippen molar-refractivity contribution in [3.63, 3.8) is 0 Å². The SMILES string of the molecule is O=C(NCC[C@@H]1CCCCN1S(=O)(=O)c1ccc(Cl)cc1)C(=O)Nc1ccc(F)cc1F. The second-order valence-corrected chi connectivity index (χ2v) is 9.67. The molecule has 1 atom stereocenters. The van der Waals surface area contributed by atoms with Crippen LogP contribution in [0, 0.1) is 11.6 Å². The van der Waals surface area contributed by atoms with Crippen molar-refractivity contribution in [3.8, 4) is 0 Å². The Morgan fingerprint density at radius 3 is 2.47 bits per heavy atom. The highest BCUT2D eigenvalue weighted by atomic mass is 35.5. The molecular weight excluding hydrogens is 464 g/mol. The minimum absolute atomic E-state index is 0.0510. The van der Waals surface area contributed by atoms with Crippen molar-refractivity contribution in [1.82, 2.24) is 9.62 Å². The van der Waals surface area contributed by atoms with Crippen LogP contribution in [0.1, 0.15) is 25.7 Å². The predicted octanol–water partition coefficient (Wildman–Crippen LogP) is 3.31. The average Bonchev–Trinajstić information content (AvgIpc) is 2.76. The number of benzene rings is 2. The monoisotopic (exact) mass is 485 g/mol. The van der Waals surface area contributed by atoms with Gasteiger partial charge >= 0.3 is 11.8 Å². The second-order valence-electron chi connectivity index (χ2n) is 7.34. The van der Waals surface area contributed by atoms with Gasteiger partial charge in [0.25, 0.3) is 0 Å². The third kappa shape index (κ3) is 5.81. The number of rotatable bonds is 6. The predicted molar refractivity (Wildman–Crippen MR) is 116 cm³/mol. The Morgan fingerprint density at radius 2 is 1.78 bits per heavy atom. The van der Waals surface area contributed by atoms with E-state index in [1.165, 1.54) is 28.6 Å². The zero-order chi connectivity index (χ0) is 23.3. The largest absolute Gasteiger partial charge is 0.348 e. The fourth-order valence-electron chi connectivity index (χ4n) is 3.52. The Morgan fingerprint density at radius 1 is 1.06 bits per heavy atom. The Hall–Kier alpha value is -2.56. The number of piperidine rings is 1. The van der Waals surface area contributed by atoms with E-state index in [0.29, 0.717) is 30.5 Å². The minimum Gasteiger partial charge on any atom is -0.348 e. The lowest BCUT2D eigenvalue weighted by Crippen LogP contribution is -2.45. The Bertz CT molecular complexity index is 1100. The van der Waals surface area contributed by atoms with Crippen LogP contribution in [-0.4, -0.2) is 43.7 Å². The van der Waals surface area contributed by atoms with Gasteiger partial charge in [0.05, 0.1) is 10.6 Å². The lowest BCUT2D eigenvalue weighted by atomic mass is 10.0. The molecule has 0 bridgehead atoms. The quantitative estimate of drug-likeness (QED) is 0.614. The van der Waals surface area contributed by atoms with Crippen molar-refractivity contribution in [2.75, 3.05) is 18.4 Å². The molecule has 3 rings (SSSR count). The summed E-state index contributed by atoms with van der Waals surface area (Å²) in [6.45, 7) is 0.406. The van der Waals surface area contributed by atoms with Gasteiger partial charge in [0.15, 0.2) is 0 Å². The van der Waals surface area contributed by atoms with Gasteiger partial charge in [0.1, 0.15) is 11.6 Å². The first-order valence-corrected chi connectivity index (χ1v) is 11.8. The molecule has 1 saturated heterocycles. The van der Waals surface area contributed by atoms with Crippen LogP contribution in [-0.2, 0) is 19.6 Å². The molecule has 11 heteroatoms. The van der Waals surface area contributed by atoms with Crippen molar-refractivity contribution in [3.05, 3.63) is 59.1 Å². The van der Waals surface area contributed by atoms with Crippen LogP contribution in [0.15, 0.2) is 47.4 Å². The summed E-state index contributed by atoms with van der Waals surface area (Å²) in [5.41, 5.74) is -0.320. The van der Waals surface area contributed by atoms with Gasteiger partial charge in [0, 0.05) is 30.2 Å². The molecule has 7 nitrogen and oxygen atoms in total. The third-order valence-corrected chi connectivity index (χ3v) is 7.36. The van der Waals surface area contributed by atoms with Crippen molar-refractivity contribution < 1.29 is 26.8 Å². The average molecular weight is 486 g/mol. The molecule has 1 heterocycles. The number of hydrogen-bond acceptors (Lipinski definition) is 4. The molecule has 2 amide bonds. The maximum absolute atomic E-state index is 13.6. The first-order chi connectivity index (χ1) is 15.2. The number of carbonyl (C=O) groups is 2. The summed E-state index contributed by atoms with van der Waals surface area (Å²) in [6, 6.07) is 8.13. The number of carbonyl (C=O) groups excluding carboxylic acids is 2. The molecule has 2 aromatic rings. The van der Waals surface area contributed by atoms with E-state index in [-0.39, 0.29) is 23.2 Å². The van der Waals surface area contributed by atoms with Crippen molar-refractivity contribution in [2.24, 2.45) is 0 Å². The number of hydrogen-bond donors (Lipinski definition) is 2. The van der Waals surface area contributed by atoms with Gasteiger partial charge in [-0.05, 0) is 55.7 Å². The summed E-state index contributed by atoms with van der Waals surface area (Å²) in [5.74, 6) is -3.92. The lowest BCUT2D eigenvalue weighted by molar-refractivity contribution is -0.136. The number of sulfonamides is 1. The van der Waals surface area contributed by atoms with E-state index < -0.39 is 33.5 Å². The van der Waals surface area contributed by atoms with E-state index in [0.717, 1.165) is 25.0 Å². The number of amides is 2. The van der Waals surface area contributed by atoms with Crippen LogP contribution in [0.3, 0.4) is 0 Å². The maximum Gasteiger partial charge on any atom is 0.313 e. The van der Waals surface area contributed by atoms with E-state index in [9.17, 15) is 26.8 Å². The first kappa shape index (κ1) is 24.1. The molecule has 2 aromatic carbocycles. The van der Waals surface area contributed by atoms with Gasteiger partial charge in [-0.15, -0.1) is 0 Å². The molecule has 0 aliphatic carbocycles. The van der Waals surface area contributed by atoms with E-state index in [2.05, 4.69) is 10.6 Å². The zero-order valence-electron chi connectivity index (χ0n) is 17.0. The van der Waals surface area contributed by atoms with Gasteiger partial charge in [-0.1, -0.05) is 18.0 Å². The van der Waals surface area contributed by atoms with Gasteiger partial charge in [-0.2, -0.15) is 4.31 Å². The fraction of sp³-hybridized carbons (Fsp3) is 0.333. The number of anilines is 1. The summed E-state index contributed by atoms with van der Waals surface area (Å²) in [4.78, 5) is 24.1. The Kier molecular flexibility index (Phi) is 7.81. The standard InChI is InChI=1S/C21H22ClF2N3O4S/c22-14-4-7-17(8-5-14)32(30,31)27-12-2-1-3-16(27)10-11-25-20(28)21(29)26-19-9-6-15(23)13-18(19)24/h4-9,13,16H,1-3,10-12H2,(H,25,28)(H,26,29)/t16-/m0/s1. The molecule has 0 unspecified atom stereocenters. The Balaban J connectivity index is 1.58. The summed E-state index contributed by atoms with van der Waals surface area (Å²) in [7, 11) is -3.73. The highest BCUT2D eigenvalue weighted by Crippen LogP contribution is 2.27. The smallest absolute Gasteiger partial charge is 0.313 e. The number of nitrogens with zero attached hydrogens (tertiary/aromatic N) is 1. The maximum atomic E-state index is 13.6. The molecule has 0 radical (unpaired) electrons. The first-order valence-electron chi connectivity index (χ1n) is 10.00. The lowest BCUT2D eigenvalue weighted by Gasteiger charge is -2.34. The van der Waals surface area contributed by atoms with Crippen molar-refractivity contribution >= 4 is 39.1 Å². The number of halogens is 3. The van der Waals surface area contributed by atoms with Gasteiger partial charge < -0.3 is 10.6 Å². The van der Waals surface area contributed by atoms with Gasteiger partial charge in [-0.3, -0.25) is 9.59 Å². The normalized spacial score (nSPS) is 17.0. The van der Waals surface area contributed by atoms with Crippen molar-refractivity contribution in [1.29, 1.82) is 0 Å². The summed E-state index contributed by atoms with van der Waals surface area (Å²) >= 11 is 5.85. The highest BCUT2D eigenvalue weighted by molar-refractivity contribution is 7.89. The molecule has 0 aromatic heterocycles. The molecule has 2 N–H and O–H groups in total. The van der Waals surface area contributed by atoms with Crippen molar-refractivity contribution in [2.45, 2.75) is 36.6 Å². The molecule has 0 spiro atoms. The fourth-order valence-corrected chi connectivity index (χ4v) is 5.37. The number of nitrogens with one attached hydrogen (secondary N) is 2.